The first-order valence-electron chi connectivity index (χ1n) is 15.7. The Morgan fingerprint density at radius 2 is 1.79 bits per heavy atom. The van der Waals surface area contributed by atoms with Crippen LogP contribution in [-0.4, -0.2) is 77.1 Å². The van der Waals surface area contributed by atoms with E-state index in [1.807, 2.05) is 18.7 Å². The van der Waals surface area contributed by atoms with Gasteiger partial charge in [0, 0.05) is 30.6 Å². The molecule has 4 atom stereocenters. The summed E-state index contributed by atoms with van der Waals surface area (Å²) in [6.45, 7) is 4.29. The number of benzene rings is 1. The Bertz CT molecular complexity index is 1210. The third kappa shape index (κ3) is 5.22. The summed E-state index contributed by atoms with van der Waals surface area (Å²) in [5, 5.41) is 34.1. The zero-order valence-electron chi connectivity index (χ0n) is 25.1. The summed E-state index contributed by atoms with van der Waals surface area (Å²) in [6, 6.07) is 2.75. The van der Waals surface area contributed by atoms with E-state index in [1.165, 1.54) is 26.4 Å². The van der Waals surface area contributed by atoms with E-state index in [2.05, 4.69) is 5.32 Å². The lowest BCUT2D eigenvalue weighted by Crippen LogP contribution is -2.60. The third-order valence-corrected chi connectivity index (χ3v) is 10.4. The predicted octanol–water partition coefficient (Wildman–Crippen LogP) is 2.90. The van der Waals surface area contributed by atoms with Crippen molar-refractivity contribution in [1.82, 2.24) is 10.2 Å². The van der Waals surface area contributed by atoms with E-state index in [0.717, 1.165) is 37.0 Å². The minimum Gasteiger partial charge on any atom is -0.493 e. The largest absolute Gasteiger partial charge is 0.493 e. The van der Waals surface area contributed by atoms with Crippen molar-refractivity contribution in [1.29, 1.82) is 0 Å². The lowest BCUT2D eigenvalue weighted by Gasteiger charge is -2.58. The van der Waals surface area contributed by atoms with Gasteiger partial charge in [0.25, 0.3) is 0 Å². The molecular weight excluding hydrogens is 536 g/mol. The number of aliphatic hydroxyl groups is 3. The maximum atomic E-state index is 14.0. The van der Waals surface area contributed by atoms with Crippen LogP contribution in [0.3, 0.4) is 0 Å². The summed E-state index contributed by atoms with van der Waals surface area (Å²) in [5.74, 6) is 2.16. The third-order valence-electron chi connectivity index (χ3n) is 10.4. The molecule has 2 amide bonds. The van der Waals surface area contributed by atoms with Gasteiger partial charge in [0.15, 0.2) is 11.5 Å². The number of nitrogens with zero attached hydrogens (tertiary/aromatic N) is 1. The quantitative estimate of drug-likeness (QED) is 0.334. The normalized spacial score (nSPS) is 34.0. The lowest BCUT2D eigenvalue weighted by atomic mass is 9.49. The Morgan fingerprint density at radius 3 is 2.36 bits per heavy atom. The highest BCUT2D eigenvalue weighted by Crippen LogP contribution is 2.60. The fourth-order valence-corrected chi connectivity index (χ4v) is 9.29. The van der Waals surface area contributed by atoms with Gasteiger partial charge in [-0.15, -0.1) is 0 Å². The molecule has 4 unspecified atom stereocenters. The molecule has 0 aromatic heterocycles. The fourth-order valence-electron chi connectivity index (χ4n) is 9.29. The first-order chi connectivity index (χ1) is 20.1. The Morgan fingerprint density at radius 1 is 1.12 bits per heavy atom. The van der Waals surface area contributed by atoms with Gasteiger partial charge in [-0.2, -0.15) is 0 Å². The smallest absolute Gasteiger partial charge is 0.247 e. The summed E-state index contributed by atoms with van der Waals surface area (Å²) in [6.07, 6.45) is 7.49. The minimum absolute atomic E-state index is 0.00901. The molecule has 1 aromatic rings. The average molecular weight is 583 g/mol. The van der Waals surface area contributed by atoms with Crippen LogP contribution in [0.2, 0.25) is 0 Å². The summed E-state index contributed by atoms with van der Waals surface area (Å²) >= 11 is 0. The highest BCUT2D eigenvalue weighted by atomic mass is 16.5. The van der Waals surface area contributed by atoms with E-state index in [9.17, 15) is 24.9 Å². The van der Waals surface area contributed by atoms with Crippen LogP contribution in [0.1, 0.15) is 75.8 Å². The van der Waals surface area contributed by atoms with Crippen LogP contribution in [0.15, 0.2) is 23.8 Å². The van der Waals surface area contributed by atoms with Gasteiger partial charge >= 0.3 is 0 Å². The molecule has 0 spiro atoms. The van der Waals surface area contributed by atoms with Crippen LogP contribution in [0.25, 0.3) is 0 Å². The van der Waals surface area contributed by atoms with Crippen molar-refractivity contribution in [2.24, 2.45) is 29.1 Å². The number of fused-ring (bicyclic) bond motifs is 3. The van der Waals surface area contributed by atoms with Crippen molar-refractivity contribution >= 4 is 11.8 Å². The monoisotopic (exact) mass is 582 g/mol. The molecule has 42 heavy (non-hydrogen) atoms. The van der Waals surface area contributed by atoms with E-state index in [1.54, 1.807) is 18.2 Å². The van der Waals surface area contributed by atoms with Gasteiger partial charge in [0.05, 0.1) is 32.3 Å². The molecule has 6 aliphatic rings. The molecule has 1 aromatic carbocycles. The highest BCUT2D eigenvalue weighted by molar-refractivity contribution is 5.96. The standard InChI is InChI=1S/C33H46N2O7/c1-18(2)6-27(38)35(17-33-13-19-7-20(14-33)9-21(8-19)15-33)25-12-24(32(40)34-4-5-36)28-23-10-22(16-37)11-26(41-3)30(23)42-31(28)29(25)39/h10-12,18-21,25,28-29,31,36-37,39H,4-9,13-17H2,1-3H3,(H,34,40). The van der Waals surface area contributed by atoms with Crippen molar-refractivity contribution in [2.45, 2.75) is 89.6 Å². The van der Waals surface area contributed by atoms with Gasteiger partial charge < -0.3 is 35.0 Å². The Kier molecular flexibility index (Phi) is 8.04. The zero-order valence-corrected chi connectivity index (χ0v) is 25.1. The maximum absolute atomic E-state index is 14.0. The molecule has 1 aliphatic heterocycles. The zero-order chi connectivity index (χ0) is 29.8. The number of methoxy groups -OCH3 is 1. The van der Waals surface area contributed by atoms with Gasteiger partial charge in [-0.25, -0.2) is 0 Å². The molecule has 9 heteroatoms. The predicted molar refractivity (Wildman–Crippen MR) is 156 cm³/mol. The molecule has 4 N–H and O–H groups in total. The Balaban J connectivity index is 1.41. The fraction of sp³-hybridized carbons (Fsp3) is 0.697. The van der Waals surface area contributed by atoms with Crippen LogP contribution in [0.5, 0.6) is 11.5 Å². The summed E-state index contributed by atoms with van der Waals surface area (Å²) < 4.78 is 12.0. The van der Waals surface area contributed by atoms with Gasteiger partial charge in [-0.05, 0) is 91.4 Å². The molecule has 4 saturated carbocycles. The van der Waals surface area contributed by atoms with Crippen molar-refractivity contribution in [3.05, 3.63) is 34.9 Å². The number of amides is 2. The molecule has 0 saturated heterocycles. The number of rotatable bonds is 10. The second kappa shape index (κ2) is 11.5. The molecule has 5 aliphatic carbocycles. The molecule has 9 nitrogen and oxygen atoms in total. The number of carbonyl (C=O) groups is 2. The number of carbonyl (C=O) groups excluding carboxylic acids is 2. The lowest BCUT2D eigenvalue weighted by molar-refractivity contribution is -0.145. The van der Waals surface area contributed by atoms with Crippen molar-refractivity contribution in [2.75, 3.05) is 26.8 Å². The Hall–Kier alpha value is -2.62. The number of nitrogens with one attached hydrogen (secondary N) is 1. The molecule has 7 rings (SSSR count). The van der Waals surface area contributed by atoms with Gasteiger partial charge in [0.2, 0.25) is 11.8 Å². The van der Waals surface area contributed by atoms with Gasteiger partial charge in [-0.1, -0.05) is 13.8 Å². The van der Waals surface area contributed by atoms with E-state index in [4.69, 9.17) is 9.47 Å². The molecule has 230 valence electrons. The molecular formula is C33H46N2O7. The van der Waals surface area contributed by atoms with Crippen LogP contribution in [0, 0.1) is 29.1 Å². The second-order valence-corrected chi connectivity index (χ2v) is 14.1. The first-order valence-corrected chi connectivity index (χ1v) is 15.7. The van der Waals surface area contributed by atoms with E-state index < -0.39 is 24.2 Å². The molecule has 4 bridgehead atoms. The van der Waals surface area contributed by atoms with E-state index in [0.29, 0.717) is 41.2 Å². The average Bonchev–Trinajstić information content (AvgIpc) is 3.33. The summed E-state index contributed by atoms with van der Waals surface area (Å²) in [4.78, 5) is 29.5. The second-order valence-electron chi connectivity index (χ2n) is 14.1. The molecule has 0 radical (unpaired) electrons. The SMILES string of the molecule is COc1cc(CO)cc2c1OC1C2C(C(=O)NCCO)=CC(N(CC23CC4CC(CC(C4)C2)C3)C(=O)CC(C)C)C1O. The van der Waals surface area contributed by atoms with Crippen LogP contribution in [-0.2, 0) is 16.2 Å². The summed E-state index contributed by atoms with van der Waals surface area (Å²) in [5.41, 5.74) is 1.71. The van der Waals surface area contributed by atoms with Crippen molar-refractivity contribution in [3.8, 4) is 11.5 Å². The van der Waals surface area contributed by atoms with E-state index >= 15 is 0 Å². The van der Waals surface area contributed by atoms with Crippen LogP contribution in [0.4, 0.5) is 0 Å². The number of aliphatic hydroxyl groups excluding tert-OH is 3. The molecule has 4 fully saturated rings. The van der Waals surface area contributed by atoms with Crippen LogP contribution < -0.4 is 14.8 Å². The maximum Gasteiger partial charge on any atom is 0.247 e. The van der Waals surface area contributed by atoms with Gasteiger partial charge in [-0.3, -0.25) is 9.59 Å². The van der Waals surface area contributed by atoms with Gasteiger partial charge in [0.1, 0.15) is 12.2 Å². The summed E-state index contributed by atoms with van der Waals surface area (Å²) in [7, 11) is 1.52. The highest BCUT2D eigenvalue weighted by Gasteiger charge is 2.55. The Labute approximate surface area is 248 Å². The van der Waals surface area contributed by atoms with E-state index in [-0.39, 0.29) is 42.9 Å². The first kappa shape index (κ1) is 29.5. The number of hydrogen-bond acceptors (Lipinski definition) is 7. The minimum atomic E-state index is -1.08. The number of ether oxygens (including phenoxy) is 2. The number of hydrogen-bond donors (Lipinski definition) is 4. The van der Waals surface area contributed by atoms with Crippen molar-refractivity contribution < 1.29 is 34.4 Å². The van der Waals surface area contributed by atoms with Crippen LogP contribution >= 0.6 is 0 Å². The topological polar surface area (TPSA) is 129 Å². The van der Waals surface area contributed by atoms with Crippen molar-refractivity contribution in [3.63, 3.8) is 0 Å². The molecule has 1 heterocycles.